The Bertz CT molecular complexity index is 511. The molecule has 0 aromatic rings. The molecule has 1 fully saturated rings. The molecule has 1 heterocycles. The quantitative estimate of drug-likeness (QED) is 0.461. The fraction of sp³-hybridized carbons (Fsp3) is 1.00. The van der Waals surface area contributed by atoms with Crippen molar-refractivity contribution < 1.29 is 34.7 Å². The summed E-state index contributed by atoms with van der Waals surface area (Å²) in [5, 5.41) is 0. The summed E-state index contributed by atoms with van der Waals surface area (Å²) in [5.74, 6) is 0. The minimum Gasteiger partial charge on any atom is -0.340 e. The zero-order valence-electron chi connectivity index (χ0n) is 10.9. The number of rotatable bonds is 6. The summed E-state index contributed by atoms with van der Waals surface area (Å²) >= 11 is 16.8. The minimum absolute atomic E-state index is 0.437. The summed E-state index contributed by atoms with van der Waals surface area (Å²) in [5.41, 5.74) is 0. The van der Waals surface area contributed by atoms with Crippen molar-refractivity contribution in [1.29, 1.82) is 0 Å². The topological polar surface area (TPSA) is 105 Å². The molecule has 21 heavy (non-hydrogen) atoms. The zero-order valence-corrected chi connectivity index (χ0v) is 14.8. The molecule has 0 radical (unpaired) electrons. The molecule has 1 aliphatic rings. The Labute approximate surface area is 137 Å². The Balaban J connectivity index is 2.74. The van der Waals surface area contributed by atoms with Gasteiger partial charge in [-0.15, -0.1) is 0 Å². The molecular weight excluding hydrogens is 395 g/mol. The van der Waals surface area contributed by atoms with Crippen molar-refractivity contribution in [1.82, 2.24) is 0 Å². The van der Waals surface area contributed by atoms with Crippen molar-refractivity contribution in [2.24, 2.45) is 0 Å². The second-order valence-electron chi connectivity index (χ2n) is 4.20. The Morgan fingerprint density at radius 1 is 0.905 bits per heavy atom. The summed E-state index contributed by atoms with van der Waals surface area (Å²) in [6, 6.07) is 0. The van der Waals surface area contributed by atoms with Crippen LogP contribution in [0.2, 0.25) is 0 Å². The van der Waals surface area contributed by atoms with Crippen molar-refractivity contribution in [3.63, 3.8) is 0 Å². The van der Waals surface area contributed by atoms with E-state index in [0.717, 1.165) is 12.5 Å². The van der Waals surface area contributed by atoms with Crippen LogP contribution in [0.1, 0.15) is 0 Å². The molecule has 0 aliphatic carbocycles. The Morgan fingerprint density at radius 2 is 1.24 bits per heavy atom. The highest BCUT2D eigenvalue weighted by atomic mass is 35.6. The lowest BCUT2D eigenvalue weighted by atomic mass is 10.2. The van der Waals surface area contributed by atoms with E-state index in [2.05, 4.69) is 8.37 Å². The second-order valence-corrected chi connectivity index (χ2v) is 9.86. The third-order valence-corrected chi connectivity index (χ3v) is 3.83. The summed E-state index contributed by atoms with van der Waals surface area (Å²) in [4.78, 5) is 0. The molecule has 126 valence electrons. The molecule has 0 aromatic heterocycles. The first-order valence-electron chi connectivity index (χ1n) is 5.34. The van der Waals surface area contributed by atoms with Crippen LogP contribution in [0.15, 0.2) is 0 Å². The molecule has 0 aromatic carbocycles. The van der Waals surface area contributed by atoms with E-state index >= 15 is 0 Å². The maximum atomic E-state index is 11.0. The van der Waals surface area contributed by atoms with Crippen molar-refractivity contribution >= 4 is 55.0 Å². The lowest BCUT2D eigenvalue weighted by Gasteiger charge is -2.18. The predicted octanol–water partition coefficient (Wildman–Crippen LogP) is 0.419. The lowest BCUT2D eigenvalue weighted by molar-refractivity contribution is -0.0682. The Hall–Kier alpha value is 0.610. The van der Waals surface area contributed by atoms with E-state index in [9.17, 15) is 16.8 Å². The van der Waals surface area contributed by atoms with Gasteiger partial charge in [-0.2, -0.15) is 16.8 Å². The normalized spacial score (nSPS) is 25.4. The first kappa shape index (κ1) is 19.7. The molecule has 0 spiro atoms. The van der Waals surface area contributed by atoms with Gasteiger partial charge in [0.2, 0.25) is 10.1 Å². The van der Waals surface area contributed by atoms with Gasteiger partial charge in [0.25, 0.3) is 20.2 Å². The van der Waals surface area contributed by atoms with Gasteiger partial charge in [-0.3, -0.25) is 8.37 Å². The number of hydrogen-bond acceptors (Lipinski definition) is 8. The summed E-state index contributed by atoms with van der Waals surface area (Å²) in [7, 11) is -7.45. The van der Waals surface area contributed by atoms with Crippen LogP contribution in [0.4, 0.5) is 0 Å². The van der Waals surface area contributed by atoms with Crippen LogP contribution in [0.25, 0.3) is 0 Å². The van der Waals surface area contributed by atoms with Crippen LogP contribution < -0.4 is 0 Å². The molecule has 2 atom stereocenters. The van der Waals surface area contributed by atoms with E-state index in [0.29, 0.717) is 0 Å². The molecule has 0 saturated carbocycles. The van der Waals surface area contributed by atoms with Gasteiger partial charge >= 0.3 is 0 Å². The maximum Gasteiger partial charge on any atom is 0.264 e. The van der Waals surface area contributed by atoms with Gasteiger partial charge < -0.3 is 9.47 Å². The molecule has 13 heteroatoms. The van der Waals surface area contributed by atoms with Gasteiger partial charge in [-0.25, -0.2) is 0 Å². The van der Waals surface area contributed by atoms with Crippen LogP contribution >= 0.6 is 34.8 Å². The number of hydrogen-bond donors (Lipinski definition) is 0. The molecule has 0 bridgehead atoms. The first-order valence-corrected chi connectivity index (χ1v) is 10.1. The monoisotopic (exact) mass is 406 g/mol. The van der Waals surface area contributed by atoms with Crippen LogP contribution in [0.5, 0.6) is 0 Å². The van der Waals surface area contributed by atoms with E-state index in [1.807, 2.05) is 0 Å². The average Bonchev–Trinajstić information content (AvgIpc) is 2.64. The van der Waals surface area contributed by atoms with Crippen molar-refractivity contribution in [3.05, 3.63) is 0 Å². The van der Waals surface area contributed by atoms with Gasteiger partial charge in [0.15, 0.2) is 0 Å². The molecule has 1 saturated heterocycles. The van der Waals surface area contributed by atoms with E-state index in [4.69, 9.17) is 44.3 Å². The summed E-state index contributed by atoms with van der Waals surface area (Å²) in [6.45, 7) is -0.873. The summed E-state index contributed by atoms with van der Waals surface area (Å²) in [6.07, 6.45) is -1.60. The van der Waals surface area contributed by atoms with Gasteiger partial charge in [0.1, 0.15) is 12.2 Å². The van der Waals surface area contributed by atoms with Gasteiger partial charge in [-0.1, -0.05) is 34.8 Å². The average molecular weight is 408 g/mol. The molecule has 8 nitrogen and oxygen atoms in total. The standard InChI is InChI=1S/C8H13Cl3O8S2/c1-20(12,13)16-3-5-6(4-17-21(2,14)15)19-7(18-5)8(9,10)11/h5-7H,3-4H2,1-2H3/t5-,6-/m1/s1. The molecule has 1 rings (SSSR count). The number of ether oxygens (including phenoxy) is 2. The van der Waals surface area contributed by atoms with Gasteiger partial charge in [-0.05, 0) is 0 Å². The van der Waals surface area contributed by atoms with Gasteiger partial charge in [0.05, 0.1) is 25.7 Å². The van der Waals surface area contributed by atoms with E-state index in [1.54, 1.807) is 0 Å². The van der Waals surface area contributed by atoms with Crippen molar-refractivity contribution in [2.75, 3.05) is 25.7 Å². The van der Waals surface area contributed by atoms with Crippen LogP contribution in [0, 0.1) is 0 Å². The molecule has 0 unspecified atom stereocenters. The van der Waals surface area contributed by atoms with Crippen LogP contribution in [-0.2, 0) is 38.1 Å². The Kier molecular flexibility index (Phi) is 6.57. The SMILES string of the molecule is CS(=O)(=O)OC[C@H]1OC(C(Cl)(Cl)Cl)O[C@@H]1COS(C)(=O)=O. The van der Waals surface area contributed by atoms with Crippen molar-refractivity contribution in [3.8, 4) is 0 Å². The third-order valence-electron chi connectivity index (χ3n) is 2.17. The first-order chi connectivity index (χ1) is 9.28. The zero-order chi connectivity index (χ0) is 16.5. The summed E-state index contributed by atoms with van der Waals surface area (Å²) < 4.78 is 61.5. The second kappa shape index (κ2) is 7.02. The highest BCUT2D eigenvalue weighted by molar-refractivity contribution is 7.86. The highest BCUT2D eigenvalue weighted by Gasteiger charge is 2.47. The van der Waals surface area contributed by atoms with Gasteiger partial charge in [0, 0.05) is 0 Å². The fourth-order valence-electron chi connectivity index (χ4n) is 1.35. The highest BCUT2D eigenvalue weighted by Crippen LogP contribution is 2.38. The minimum atomic E-state index is -3.72. The van der Waals surface area contributed by atoms with E-state index < -0.39 is 55.7 Å². The van der Waals surface area contributed by atoms with E-state index in [1.165, 1.54) is 0 Å². The Morgan fingerprint density at radius 3 is 1.48 bits per heavy atom. The lowest BCUT2D eigenvalue weighted by Crippen LogP contribution is -2.33. The molecule has 0 amide bonds. The third kappa shape index (κ3) is 7.62. The largest absolute Gasteiger partial charge is 0.340 e. The smallest absolute Gasteiger partial charge is 0.264 e. The maximum absolute atomic E-state index is 11.0. The number of halogens is 3. The molecule has 1 aliphatic heterocycles. The number of alkyl halides is 3. The molecule has 0 N–H and O–H groups in total. The van der Waals surface area contributed by atoms with E-state index in [-0.39, 0.29) is 0 Å². The predicted molar refractivity (Wildman–Crippen MR) is 75.4 cm³/mol. The van der Waals surface area contributed by atoms with Crippen LogP contribution in [0.3, 0.4) is 0 Å². The van der Waals surface area contributed by atoms with Crippen molar-refractivity contribution in [2.45, 2.75) is 22.3 Å². The fourth-order valence-corrected chi connectivity index (χ4v) is 2.42. The van der Waals surface area contributed by atoms with Crippen LogP contribution in [-0.4, -0.2) is 64.9 Å². The molecular formula is C8H13Cl3O8S2.